The van der Waals surface area contributed by atoms with Crippen LogP contribution in [0.4, 0.5) is 0 Å². The summed E-state index contributed by atoms with van der Waals surface area (Å²) in [4.78, 5) is 1.38. The Hall–Kier alpha value is -1.12. The second-order valence-corrected chi connectivity index (χ2v) is 5.45. The van der Waals surface area contributed by atoms with Gasteiger partial charge in [0, 0.05) is 9.58 Å². The van der Waals surface area contributed by atoms with Crippen molar-refractivity contribution in [1.29, 1.82) is 0 Å². The molecule has 0 N–H and O–H groups in total. The average Bonchev–Trinajstić information content (AvgIpc) is 2.69. The first kappa shape index (κ1) is 10.1. The van der Waals surface area contributed by atoms with Crippen LogP contribution in [0.15, 0.2) is 30.3 Å². The third kappa shape index (κ3) is 1.79. The molecule has 2 heterocycles. The second kappa shape index (κ2) is 4.04. The molecule has 1 aliphatic rings. The number of benzene rings is 1. The number of hydrogen-bond acceptors (Lipinski definition) is 2. The molecule has 82 valence electrons. The Morgan fingerprint density at radius 3 is 3.00 bits per heavy atom. The quantitative estimate of drug-likeness (QED) is 0.719. The minimum atomic E-state index is 0.761. The summed E-state index contributed by atoms with van der Waals surface area (Å²) in [6.45, 7) is 3.78. The van der Waals surface area contributed by atoms with Crippen LogP contribution >= 0.6 is 11.3 Å². The number of fused-ring (bicyclic) bond motifs is 1. The summed E-state index contributed by atoms with van der Waals surface area (Å²) in [6, 6.07) is 9.02. The molecule has 0 saturated heterocycles. The van der Waals surface area contributed by atoms with Crippen molar-refractivity contribution in [2.75, 3.05) is 13.2 Å². The van der Waals surface area contributed by atoms with E-state index in [1.165, 1.54) is 26.1 Å². The lowest BCUT2D eigenvalue weighted by molar-refractivity contribution is 0.161. The highest BCUT2D eigenvalue weighted by atomic mass is 32.1. The van der Waals surface area contributed by atoms with Crippen molar-refractivity contribution in [2.45, 2.75) is 13.3 Å². The van der Waals surface area contributed by atoms with Crippen LogP contribution in [-0.2, 0) is 4.74 Å². The largest absolute Gasteiger partial charge is 0.377 e. The average molecular weight is 230 g/mol. The van der Waals surface area contributed by atoms with Gasteiger partial charge >= 0.3 is 0 Å². The SMILES string of the molecule is Cc1cc2ccc(C3=CCOCC3)cc2s1. The summed E-state index contributed by atoms with van der Waals surface area (Å²) in [5.74, 6) is 0. The van der Waals surface area contributed by atoms with E-state index in [2.05, 4.69) is 37.3 Å². The molecule has 1 aliphatic heterocycles. The van der Waals surface area contributed by atoms with E-state index in [0.717, 1.165) is 19.6 Å². The van der Waals surface area contributed by atoms with Gasteiger partial charge in [0.1, 0.15) is 0 Å². The van der Waals surface area contributed by atoms with Gasteiger partial charge in [-0.25, -0.2) is 0 Å². The number of aryl methyl sites for hydroxylation is 1. The van der Waals surface area contributed by atoms with Crippen LogP contribution in [0.5, 0.6) is 0 Å². The van der Waals surface area contributed by atoms with E-state index >= 15 is 0 Å². The third-order valence-electron chi connectivity index (χ3n) is 2.98. The zero-order valence-corrected chi connectivity index (χ0v) is 10.1. The highest BCUT2D eigenvalue weighted by Crippen LogP contribution is 2.29. The lowest BCUT2D eigenvalue weighted by Gasteiger charge is -2.13. The van der Waals surface area contributed by atoms with E-state index in [1.54, 1.807) is 0 Å². The molecule has 0 fully saturated rings. The monoisotopic (exact) mass is 230 g/mol. The number of thiophene rings is 1. The molecule has 2 aromatic rings. The highest BCUT2D eigenvalue weighted by molar-refractivity contribution is 7.19. The molecule has 3 rings (SSSR count). The van der Waals surface area contributed by atoms with Gasteiger partial charge in [-0.05, 0) is 42.0 Å². The fourth-order valence-electron chi connectivity index (χ4n) is 2.15. The maximum absolute atomic E-state index is 5.34. The second-order valence-electron chi connectivity index (χ2n) is 4.16. The minimum absolute atomic E-state index is 0.761. The van der Waals surface area contributed by atoms with Gasteiger partial charge < -0.3 is 4.74 Å². The van der Waals surface area contributed by atoms with Crippen molar-refractivity contribution < 1.29 is 4.74 Å². The van der Waals surface area contributed by atoms with E-state index < -0.39 is 0 Å². The van der Waals surface area contributed by atoms with Crippen LogP contribution in [0, 0.1) is 6.92 Å². The maximum atomic E-state index is 5.34. The predicted molar refractivity (Wildman–Crippen MR) is 70.0 cm³/mol. The fourth-order valence-corrected chi connectivity index (χ4v) is 3.12. The van der Waals surface area contributed by atoms with E-state index in [9.17, 15) is 0 Å². The first-order valence-corrected chi connectivity index (χ1v) is 6.42. The molecule has 1 aromatic carbocycles. The molecule has 0 atom stereocenters. The molecular weight excluding hydrogens is 216 g/mol. The van der Waals surface area contributed by atoms with Gasteiger partial charge in [-0.1, -0.05) is 18.2 Å². The van der Waals surface area contributed by atoms with Gasteiger partial charge in [0.05, 0.1) is 13.2 Å². The Balaban J connectivity index is 2.07. The van der Waals surface area contributed by atoms with Crippen molar-refractivity contribution in [2.24, 2.45) is 0 Å². The first-order chi connectivity index (χ1) is 7.83. The third-order valence-corrected chi connectivity index (χ3v) is 3.99. The lowest BCUT2D eigenvalue weighted by Crippen LogP contribution is -2.03. The van der Waals surface area contributed by atoms with Crippen molar-refractivity contribution in [3.8, 4) is 0 Å². The number of ether oxygens (including phenoxy) is 1. The van der Waals surface area contributed by atoms with Crippen molar-refractivity contribution >= 4 is 27.0 Å². The topological polar surface area (TPSA) is 9.23 Å². The van der Waals surface area contributed by atoms with Crippen molar-refractivity contribution in [3.63, 3.8) is 0 Å². The summed E-state index contributed by atoms with van der Waals surface area (Å²) in [7, 11) is 0. The van der Waals surface area contributed by atoms with Crippen LogP contribution in [-0.4, -0.2) is 13.2 Å². The van der Waals surface area contributed by atoms with Gasteiger partial charge in [0.25, 0.3) is 0 Å². The minimum Gasteiger partial charge on any atom is -0.377 e. The summed E-state index contributed by atoms with van der Waals surface area (Å²) in [5, 5.41) is 1.36. The molecular formula is C14H14OS. The smallest absolute Gasteiger partial charge is 0.0653 e. The molecule has 0 unspecified atom stereocenters. The van der Waals surface area contributed by atoms with Crippen LogP contribution in [0.2, 0.25) is 0 Å². The van der Waals surface area contributed by atoms with Crippen LogP contribution in [0.25, 0.3) is 15.7 Å². The highest BCUT2D eigenvalue weighted by Gasteiger charge is 2.07. The van der Waals surface area contributed by atoms with Crippen molar-refractivity contribution in [3.05, 3.63) is 40.8 Å². The van der Waals surface area contributed by atoms with Crippen LogP contribution < -0.4 is 0 Å². The Morgan fingerprint density at radius 2 is 2.19 bits per heavy atom. The molecule has 0 saturated carbocycles. The standard InChI is InChI=1S/C14H14OS/c1-10-8-13-3-2-12(9-14(13)16-10)11-4-6-15-7-5-11/h2-4,8-9H,5-7H2,1H3. The molecule has 0 bridgehead atoms. The summed E-state index contributed by atoms with van der Waals surface area (Å²) >= 11 is 1.87. The van der Waals surface area contributed by atoms with Gasteiger partial charge in [0.2, 0.25) is 0 Å². The van der Waals surface area contributed by atoms with Crippen molar-refractivity contribution in [1.82, 2.24) is 0 Å². The van der Waals surface area contributed by atoms with Gasteiger partial charge in [-0.2, -0.15) is 0 Å². The van der Waals surface area contributed by atoms with Gasteiger partial charge in [-0.15, -0.1) is 11.3 Å². The Morgan fingerprint density at radius 1 is 1.25 bits per heavy atom. The van der Waals surface area contributed by atoms with Gasteiger partial charge in [0.15, 0.2) is 0 Å². The summed E-state index contributed by atoms with van der Waals surface area (Å²) < 4.78 is 6.73. The zero-order valence-electron chi connectivity index (χ0n) is 9.32. The lowest BCUT2D eigenvalue weighted by atomic mass is 10.0. The maximum Gasteiger partial charge on any atom is 0.0653 e. The van der Waals surface area contributed by atoms with E-state index in [-0.39, 0.29) is 0 Å². The van der Waals surface area contributed by atoms with E-state index in [0.29, 0.717) is 0 Å². The zero-order chi connectivity index (χ0) is 11.0. The molecule has 0 radical (unpaired) electrons. The molecule has 0 spiro atoms. The molecule has 16 heavy (non-hydrogen) atoms. The molecule has 2 heteroatoms. The molecule has 1 nitrogen and oxygen atoms in total. The van der Waals surface area contributed by atoms with E-state index in [4.69, 9.17) is 4.74 Å². The Bertz CT molecular complexity index is 551. The summed E-state index contributed by atoms with van der Waals surface area (Å²) in [5.41, 5.74) is 2.79. The fraction of sp³-hybridized carbons (Fsp3) is 0.286. The first-order valence-electron chi connectivity index (χ1n) is 5.60. The number of hydrogen-bond donors (Lipinski definition) is 0. The van der Waals surface area contributed by atoms with Crippen LogP contribution in [0.3, 0.4) is 0 Å². The predicted octanol–water partition coefficient (Wildman–Crippen LogP) is 4.01. The molecule has 0 aliphatic carbocycles. The molecule has 1 aromatic heterocycles. The summed E-state index contributed by atoms with van der Waals surface area (Å²) in [6.07, 6.45) is 3.24. The number of rotatable bonds is 1. The molecule has 0 amide bonds. The Kier molecular flexibility index (Phi) is 2.54. The van der Waals surface area contributed by atoms with Gasteiger partial charge in [-0.3, -0.25) is 0 Å². The normalized spacial score (nSPS) is 16.4. The Labute approximate surface area is 99.4 Å². The van der Waals surface area contributed by atoms with Crippen LogP contribution in [0.1, 0.15) is 16.9 Å². The van der Waals surface area contributed by atoms with E-state index in [1.807, 2.05) is 11.3 Å².